The van der Waals surface area contributed by atoms with Crippen molar-refractivity contribution < 1.29 is 13.2 Å². The first-order chi connectivity index (χ1) is 12.9. The van der Waals surface area contributed by atoms with Crippen LogP contribution in [-0.4, -0.2) is 37.4 Å². The molecule has 0 bridgehead atoms. The van der Waals surface area contributed by atoms with E-state index < -0.39 is 22.0 Å². The Kier molecular flexibility index (Phi) is 6.31. The molecule has 1 fully saturated rings. The second kappa shape index (κ2) is 8.52. The van der Waals surface area contributed by atoms with Crippen LogP contribution < -0.4 is 5.43 Å². The lowest BCUT2D eigenvalue weighted by molar-refractivity contribution is -0.124. The van der Waals surface area contributed by atoms with Gasteiger partial charge in [0.05, 0.1) is 11.1 Å². The second-order valence-corrected chi connectivity index (χ2v) is 9.26. The Hall–Kier alpha value is -1.74. The first-order valence-electron chi connectivity index (χ1n) is 8.24. The van der Waals surface area contributed by atoms with Crippen molar-refractivity contribution in [2.75, 3.05) is 6.54 Å². The molecule has 0 unspecified atom stereocenters. The number of hydrogen-bond donors (Lipinski definition) is 1. The van der Waals surface area contributed by atoms with Gasteiger partial charge in [0.2, 0.25) is 10.0 Å². The van der Waals surface area contributed by atoms with Gasteiger partial charge in [-0.2, -0.15) is 9.41 Å². The first kappa shape index (κ1) is 20.0. The van der Waals surface area contributed by atoms with Crippen LogP contribution in [0, 0.1) is 0 Å². The molecule has 3 rings (SSSR count). The van der Waals surface area contributed by atoms with Gasteiger partial charge in [0.15, 0.2) is 0 Å². The largest absolute Gasteiger partial charge is 0.271 e. The quantitative estimate of drug-likeness (QED) is 0.537. The molecule has 1 atom stereocenters. The molecule has 0 aromatic heterocycles. The molecular formula is C18H17BrClN3O3S. The third kappa shape index (κ3) is 4.76. The number of rotatable bonds is 5. The van der Waals surface area contributed by atoms with Crippen LogP contribution in [0.3, 0.4) is 0 Å². The molecule has 2 aromatic rings. The van der Waals surface area contributed by atoms with Crippen LogP contribution in [0.15, 0.2) is 63.0 Å². The van der Waals surface area contributed by atoms with Crippen molar-refractivity contribution in [1.82, 2.24) is 9.73 Å². The third-order valence-electron chi connectivity index (χ3n) is 4.18. The Morgan fingerprint density at radius 1 is 1.19 bits per heavy atom. The minimum absolute atomic E-state index is 0.116. The SMILES string of the molecule is O=C(N/N=C\c1ccc(Br)cc1)[C@H]1CCCN1S(=O)(=O)c1ccc(Cl)cc1. The Balaban J connectivity index is 1.70. The van der Waals surface area contributed by atoms with E-state index in [0.717, 1.165) is 10.0 Å². The average molecular weight is 471 g/mol. The summed E-state index contributed by atoms with van der Waals surface area (Å²) in [5.41, 5.74) is 3.26. The smallest absolute Gasteiger partial charge is 0.258 e. The van der Waals surface area contributed by atoms with Gasteiger partial charge in [-0.25, -0.2) is 13.8 Å². The lowest BCUT2D eigenvalue weighted by atomic mass is 10.2. The summed E-state index contributed by atoms with van der Waals surface area (Å²) >= 11 is 9.17. The van der Waals surface area contributed by atoms with Gasteiger partial charge in [-0.3, -0.25) is 4.79 Å². The molecule has 1 N–H and O–H groups in total. The first-order valence-corrected chi connectivity index (χ1v) is 10.8. The van der Waals surface area contributed by atoms with Crippen molar-refractivity contribution in [3.05, 3.63) is 63.6 Å². The van der Waals surface area contributed by atoms with Gasteiger partial charge in [0.25, 0.3) is 5.91 Å². The predicted octanol–water partition coefficient (Wildman–Crippen LogP) is 3.41. The maximum Gasteiger partial charge on any atom is 0.258 e. The fourth-order valence-corrected chi connectivity index (χ4v) is 4.87. The summed E-state index contributed by atoms with van der Waals surface area (Å²) in [7, 11) is -3.77. The number of hydrazone groups is 1. The maximum absolute atomic E-state index is 12.8. The Bertz CT molecular complexity index is 947. The Morgan fingerprint density at radius 3 is 2.52 bits per heavy atom. The van der Waals surface area contributed by atoms with Gasteiger partial charge in [-0.15, -0.1) is 0 Å². The standard InChI is InChI=1S/C18H17BrClN3O3S/c19-14-5-3-13(4-6-14)12-21-22-18(24)17-2-1-11-23(17)27(25,26)16-9-7-15(20)8-10-16/h3-10,12,17H,1-2,11H2,(H,22,24)/b21-12-/t17-/m1/s1. The van der Waals surface area contributed by atoms with Crippen molar-refractivity contribution >= 4 is 49.7 Å². The summed E-state index contributed by atoms with van der Waals surface area (Å²) in [5.74, 6) is -0.446. The minimum Gasteiger partial charge on any atom is -0.271 e. The zero-order valence-electron chi connectivity index (χ0n) is 14.2. The molecule has 0 spiro atoms. The fourth-order valence-electron chi connectivity index (χ4n) is 2.83. The summed E-state index contributed by atoms with van der Waals surface area (Å²) in [6.07, 6.45) is 2.57. The molecule has 27 heavy (non-hydrogen) atoms. The fraction of sp³-hybridized carbons (Fsp3) is 0.222. The molecule has 142 valence electrons. The van der Waals surface area contributed by atoms with Crippen molar-refractivity contribution in [1.29, 1.82) is 0 Å². The van der Waals surface area contributed by atoms with Gasteiger partial charge in [0, 0.05) is 16.0 Å². The number of amides is 1. The lowest BCUT2D eigenvalue weighted by Crippen LogP contribution is -2.44. The van der Waals surface area contributed by atoms with Gasteiger partial charge in [0.1, 0.15) is 6.04 Å². The maximum atomic E-state index is 12.8. The van der Waals surface area contributed by atoms with Gasteiger partial charge in [-0.05, 0) is 54.8 Å². The molecule has 1 aliphatic heterocycles. The lowest BCUT2D eigenvalue weighted by Gasteiger charge is -2.22. The summed E-state index contributed by atoms with van der Waals surface area (Å²) in [5, 5.41) is 4.39. The molecule has 9 heteroatoms. The van der Waals surface area contributed by atoms with E-state index >= 15 is 0 Å². The van der Waals surface area contributed by atoms with E-state index in [1.165, 1.54) is 34.8 Å². The molecule has 0 aliphatic carbocycles. The monoisotopic (exact) mass is 469 g/mol. The molecule has 1 aliphatic rings. The average Bonchev–Trinajstić information content (AvgIpc) is 3.14. The second-order valence-electron chi connectivity index (χ2n) is 6.01. The highest BCUT2D eigenvalue weighted by molar-refractivity contribution is 9.10. The minimum atomic E-state index is -3.77. The topological polar surface area (TPSA) is 78.8 Å². The van der Waals surface area contributed by atoms with Crippen LogP contribution in [0.5, 0.6) is 0 Å². The summed E-state index contributed by atoms with van der Waals surface area (Å²) in [6, 6.07) is 12.5. The van der Waals surface area contributed by atoms with E-state index in [2.05, 4.69) is 26.5 Å². The molecule has 0 saturated carbocycles. The number of hydrogen-bond acceptors (Lipinski definition) is 4. The molecule has 0 radical (unpaired) electrons. The number of carbonyl (C=O) groups is 1. The van der Waals surface area contributed by atoms with E-state index in [0.29, 0.717) is 24.4 Å². The Morgan fingerprint density at radius 2 is 1.85 bits per heavy atom. The van der Waals surface area contributed by atoms with E-state index in [9.17, 15) is 13.2 Å². The molecule has 6 nitrogen and oxygen atoms in total. The van der Waals surface area contributed by atoms with E-state index in [1.807, 2.05) is 24.3 Å². The predicted molar refractivity (Wildman–Crippen MR) is 108 cm³/mol. The number of nitrogens with zero attached hydrogens (tertiary/aromatic N) is 2. The van der Waals surface area contributed by atoms with Crippen LogP contribution >= 0.6 is 27.5 Å². The molecule has 1 amide bonds. The van der Waals surface area contributed by atoms with Gasteiger partial charge in [-0.1, -0.05) is 39.7 Å². The number of carbonyl (C=O) groups excluding carboxylic acids is 1. The zero-order chi connectivity index (χ0) is 19.4. The number of benzene rings is 2. The number of nitrogens with one attached hydrogen (secondary N) is 1. The van der Waals surface area contributed by atoms with Crippen molar-refractivity contribution in [3.63, 3.8) is 0 Å². The molecular weight excluding hydrogens is 454 g/mol. The summed E-state index contributed by atoms with van der Waals surface area (Å²) < 4.78 is 27.9. The number of sulfonamides is 1. The summed E-state index contributed by atoms with van der Waals surface area (Å²) in [6.45, 7) is 0.291. The highest BCUT2D eigenvalue weighted by Crippen LogP contribution is 2.27. The van der Waals surface area contributed by atoms with Crippen LogP contribution in [-0.2, 0) is 14.8 Å². The van der Waals surface area contributed by atoms with Crippen molar-refractivity contribution in [3.8, 4) is 0 Å². The Labute approximate surface area is 171 Å². The molecule has 1 saturated heterocycles. The van der Waals surface area contributed by atoms with E-state index in [1.54, 1.807) is 0 Å². The van der Waals surface area contributed by atoms with Crippen LogP contribution in [0.4, 0.5) is 0 Å². The normalized spacial score (nSPS) is 18.1. The van der Waals surface area contributed by atoms with E-state index in [-0.39, 0.29) is 4.90 Å². The zero-order valence-corrected chi connectivity index (χ0v) is 17.3. The van der Waals surface area contributed by atoms with Crippen LogP contribution in [0.1, 0.15) is 18.4 Å². The third-order valence-corrected chi connectivity index (χ3v) is 6.89. The highest BCUT2D eigenvalue weighted by atomic mass is 79.9. The van der Waals surface area contributed by atoms with E-state index in [4.69, 9.17) is 11.6 Å². The van der Waals surface area contributed by atoms with Gasteiger partial charge < -0.3 is 0 Å². The van der Waals surface area contributed by atoms with Crippen molar-refractivity contribution in [2.45, 2.75) is 23.8 Å². The molecule has 1 heterocycles. The highest BCUT2D eigenvalue weighted by Gasteiger charge is 2.39. The van der Waals surface area contributed by atoms with Crippen LogP contribution in [0.25, 0.3) is 0 Å². The molecule has 2 aromatic carbocycles. The summed E-state index contributed by atoms with van der Waals surface area (Å²) in [4.78, 5) is 12.6. The number of halogens is 2. The van der Waals surface area contributed by atoms with Crippen molar-refractivity contribution in [2.24, 2.45) is 5.10 Å². The van der Waals surface area contributed by atoms with Crippen LogP contribution in [0.2, 0.25) is 5.02 Å². The van der Waals surface area contributed by atoms with Gasteiger partial charge >= 0.3 is 0 Å².